The third kappa shape index (κ3) is 6.18. The Kier molecular flexibility index (Phi) is 7.89. The molecule has 1 saturated heterocycles. The second-order valence-corrected chi connectivity index (χ2v) is 9.03. The zero-order valence-corrected chi connectivity index (χ0v) is 17.9. The van der Waals surface area contributed by atoms with Crippen molar-refractivity contribution in [2.75, 3.05) is 12.3 Å². The van der Waals surface area contributed by atoms with Gasteiger partial charge in [0.25, 0.3) is 0 Å². The van der Waals surface area contributed by atoms with E-state index in [4.69, 9.17) is 5.11 Å². The van der Waals surface area contributed by atoms with E-state index in [-0.39, 0.29) is 18.1 Å². The Morgan fingerprint density at radius 2 is 1.97 bits per heavy atom. The summed E-state index contributed by atoms with van der Waals surface area (Å²) >= 11 is 3.27. The smallest absolute Gasteiger partial charge is 0.303 e. The van der Waals surface area contributed by atoms with Crippen LogP contribution in [0.3, 0.4) is 0 Å². The van der Waals surface area contributed by atoms with Gasteiger partial charge >= 0.3 is 5.97 Å². The second-order valence-electron chi connectivity index (χ2n) is 7.10. The van der Waals surface area contributed by atoms with Gasteiger partial charge in [-0.1, -0.05) is 37.1 Å². The zero-order valence-electron chi connectivity index (χ0n) is 16.3. The van der Waals surface area contributed by atoms with Crippen LogP contribution in [0, 0.1) is 0 Å². The maximum atomic E-state index is 12.3. The summed E-state index contributed by atoms with van der Waals surface area (Å²) in [5.74, 6) is -0.0653. The van der Waals surface area contributed by atoms with Crippen molar-refractivity contribution in [1.82, 2.24) is 4.90 Å². The molecule has 1 amide bonds. The van der Waals surface area contributed by atoms with Crippen LogP contribution < -0.4 is 0 Å². The van der Waals surface area contributed by atoms with Crippen LogP contribution in [0.4, 0.5) is 0 Å². The number of allylic oxidation sites excluding steroid dienone is 1. The van der Waals surface area contributed by atoms with Gasteiger partial charge in [-0.3, -0.25) is 14.4 Å². The number of nitrogens with zero attached hydrogens (tertiary/aromatic N) is 1. The number of carbonyl (C=O) groups is 3. The first kappa shape index (κ1) is 21.6. The Bertz CT molecular complexity index is 918. The molecule has 29 heavy (non-hydrogen) atoms. The van der Waals surface area contributed by atoms with Crippen molar-refractivity contribution in [1.29, 1.82) is 0 Å². The fraction of sp³-hybridized carbons (Fsp3) is 0.409. The van der Waals surface area contributed by atoms with Crippen molar-refractivity contribution in [3.63, 3.8) is 0 Å². The quantitative estimate of drug-likeness (QED) is 0.287. The topological polar surface area (TPSA) is 74.7 Å². The molecule has 1 aromatic carbocycles. The normalized spacial score (nSPS) is 15.1. The summed E-state index contributed by atoms with van der Waals surface area (Å²) in [5, 5.41) is 11.9. The molecule has 1 aliphatic rings. The molecule has 5 nitrogen and oxygen atoms in total. The molecule has 0 saturated carbocycles. The average Bonchev–Trinajstić information content (AvgIpc) is 3.11. The second kappa shape index (κ2) is 10.6. The summed E-state index contributed by atoms with van der Waals surface area (Å²) in [7, 11) is 0. The number of fused-ring (bicyclic) bond motifs is 1. The van der Waals surface area contributed by atoms with Crippen LogP contribution in [0.5, 0.6) is 0 Å². The lowest BCUT2D eigenvalue weighted by molar-refractivity contribution is -0.137. The largest absolute Gasteiger partial charge is 0.481 e. The fourth-order valence-electron chi connectivity index (χ4n) is 3.28. The Morgan fingerprint density at radius 1 is 1.17 bits per heavy atom. The molecule has 0 atom stereocenters. The number of carboxylic acids is 1. The fourth-order valence-corrected chi connectivity index (χ4v) is 5.35. The highest BCUT2D eigenvalue weighted by Gasteiger charge is 2.29. The Morgan fingerprint density at radius 3 is 2.76 bits per heavy atom. The molecule has 0 spiro atoms. The predicted octanol–water partition coefficient (Wildman–Crippen LogP) is 5.10. The molecule has 0 unspecified atom stereocenters. The number of unbranched alkanes of at least 4 members (excludes halogenated alkanes) is 3. The minimum absolute atomic E-state index is 0.105. The lowest BCUT2D eigenvalue weighted by Gasteiger charge is -2.34. The van der Waals surface area contributed by atoms with Crippen molar-refractivity contribution in [2.24, 2.45) is 0 Å². The molecule has 0 aliphatic carbocycles. The van der Waals surface area contributed by atoms with Crippen LogP contribution in [0.1, 0.15) is 44.9 Å². The molecule has 2 aromatic rings. The summed E-state index contributed by atoms with van der Waals surface area (Å²) in [4.78, 5) is 37.5. The first-order chi connectivity index (χ1) is 14.0. The number of benzene rings is 1. The highest BCUT2D eigenvalue weighted by Crippen LogP contribution is 2.33. The molecule has 3 rings (SSSR count). The molecule has 0 radical (unpaired) electrons. The van der Waals surface area contributed by atoms with Gasteiger partial charge in [0.1, 0.15) is 5.78 Å². The average molecular weight is 432 g/mol. The number of Topliss-reactive ketones (excluding diaryl/α,β-unsaturated/α-hetero) is 1. The number of aliphatic carboxylic acids is 1. The number of likely N-dealkylation sites (tertiary alicyclic amines) is 1. The summed E-state index contributed by atoms with van der Waals surface area (Å²) in [6.45, 7) is 0.654. The standard InChI is InChI=1S/C22H25NO4S2/c24-17(14-28-20-15-29-19-8-5-4-7-18(19)20)11-10-16-13-21(25)23(16)12-6-2-1-3-9-22(26)27/h4-5,7-8,10,15H,1-3,6,9,11-14H2,(H,26,27). The van der Waals surface area contributed by atoms with Gasteiger partial charge in [-0.05, 0) is 18.9 Å². The van der Waals surface area contributed by atoms with Crippen molar-refractivity contribution in [2.45, 2.75) is 49.8 Å². The van der Waals surface area contributed by atoms with Crippen molar-refractivity contribution in [3.8, 4) is 0 Å². The highest BCUT2D eigenvalue weighted by atomic mass is 32.2. The van der Waals surface area contributed by atoms with Crippen molar-refractivity contribution >= 4 is 50.8 Å². The maximum absolute atomic E-state index is 12.3. The number of ketones is 1. The van der Waals surface area contributed by atoms with E-state index in [0.29, 0.717) is 31.6 Å². The van der Waals surface area contributed by atoms with E-state index in [2.05, 4.69) is 17.5 Å². The summed E-state index contributed by atoms with van der Waals surface area (Å²) in [5.41, 5.74) is 0.944. The Hall–Kier alpha value is -2.12. The minimum Gasteiger partial charge on any atom is -0.481 e. The number of hydrogen-bond acceptors (Lipinski definition) is 5. The van der Waals surface area contributed by atoms with Gasteiger partial charge < -0.3 is 10.0 Å². The van der Waals surface area contributed by atoms with Gasteiger partial charge in [0.15, 0.2) is 0 Å². The minimum atomic E-state index is -0.761. The molecule has 1 fully saturated rings. The number of β-lactam (4-membered cyclic amide) rings is 1. The molecule has 2 heterocycles. The molecule has 154 valence electrons. The van der Waals surface area contributed by atoms with Gasteiger partial charge in [0, 0.05) is 45.4 Å². The molecule has 0 bridgehead atoms. The molecule has 1 N–H and O–H groups in total. The van der Waals surface area contributed by atoms with E-state index < -0.39 is 5.97 Å². The number of carbonyl (C=O) groups excluding carboxylic acids is 2. The number of thiophene rings is 1. The van der Waals surface area contributed by atoms with Crippen LogP contribution in [0.25, 0.3) is 10.1 Å². The molecular formula is C22H25NO4S2. The number of hydrogen-bond donors (Lipinski definition) is 1. The van der Waals surface area contributed by atoms with Gasteiger partial charge in [0.05, 0.1) is 12.2 Å². The zero-order chi connectivity index (χ0) is 20.6. The third-order valence-electron chi connectivity index (χ3n) is 4.90. The van der Waals surface area contributed by atoms with Crippen LogP contribution in [-0.2, 0) is 14.4 Å². The number of thioether (sulfide) groups is 1. The summed E-state index contributed by atoms with van der Waals surface area (Å²) in [6, 6.07) is 8.21. The van der Waals surface area contributed by atoms with E-state index >= 15 is 0 Å². The van der Waals surface area contributed by atoms with E-state index in [0.717, 1.165) is 29.9 Å². The van der Waals surface area contributed by atoms with E-state index in [9.17, 15) is 14.4 Å². The maximum Gasteiger partial charge on any atom is 0.303 e. The molecular weight excluding hydrogens is 406 g/mol. The Balaban J connectivity index is 1.38. The SMILES string of the molecule is O=C(O)CCCCCCN1C(=O)CC1=CCC(=O)CSc1csc2ccccc12. The number of carboxylic acid groups (broad SMARTS) is 1. The van der Waals surface area contributed by atoms with Crippen LogP contribution in [0.2, 0.25) is 0 Å². The number of rotatable bonds is 12. The summed E-state index contributed by atoms with van der Waals surface area (Å²) < 4.78 is 1.23. The van der Waals surface area contributed by atoms with Crippen LogP contribution >= 0.6 is 23.1 Å². The van der Waals surface area contributed by atoms with Crippen LogP contribution in [0.15, 0.2) is 46.3 Å². The highest BCUT2D eigenvalue weighted by molar-refractivity contribution is 8.00. The van der Waals surface area contributed by atoms with Gasteiger partial charge in [-0.15, -0.1) is 23.1 Å². The Labute approximate surface area is 178 Å². The number of amides is 1. The predicted molar refractivity (Wildman–Crippen MR) is 117 cm³/mol. The lowest BCUT2D eigenvalue weighted by atomic mass is 10.0. The van der Waals surface area contributed by atoms with Gasteiger partial charge in [-0.25, -0.2) is 0 Å². The van der Waals surface area contributed by atoms with Gasteiger partial charge in [-0.2, -0.15) is 0 Å². The van der Waals surface area contributed by atoms with Gasteiger partial charge in [0.2, 0.25) is 5.91 Å². The first-order valence-electron chi connectivity index (χ1n) is 9.86. The first-order valence-corrected chi connectivity index (χ1v) is 11.7. The van der Waals surface area contributed by atoms with E-state index in [1.807, 2.05) is 18.2 Å². The van der Waals surface area contributed by atoms with Crippen molar-refractivity contribution < 1.29 is 19.5 Å². The molecule has 1 aliphatic heterocycles. The summed E-state index contributed by atoms with van der Waals surface area (Å²) in [6.07, 6.45) is 6.17. The monoisotopic (exact) mass is 431 g/mol. The van der Waals surface area contributed by atoms with E-state index in [1.54, 1.807) is 28.0 Å². The molecule has 1 aromatic heterocycles. The third-order valence-corrected chi connectivity index (χ3v) is 7.13. The van der Waals surface area contributed by atoms with Crippen LogP contribution in [-0.4, -0.2) is 40.0 Å². The molecule has 7 heteroatoms. The lowest BCUT2D eigenvalue weighted by Crippen LogP contribution is -2.41. The van der Waals surface area contributed by atoms with E-state index in [1.165, 1.54) is 10.1 Å². The van der Waals surface area contributed by atoms with Crippen molar-refractivity contribution in [3.05, 3.63) is 41.4 Å².